The van der Waals surface area contributed by atoms with Crippen LogP contribution in [0.2, 0.25) is 0 Å². The molecule has 0 fully saturated rings. The van der Waals surface area contributed by atoms with E-state index in [4.69, 9.17) is 28.4 Å². The molecule has 0 unspecified atom stereocenters. The summed E-state index contributed by atoms with van der Waals surface area (Å²) < 4.78 is 43.4. The molecule has 0 aliphatic rings. The van der Waals surface area contributed by atoms with E-state index in [0.717, 1.165) is 97.0 Å². The Morgan fingerprint density at radius 3 is 0.429 bits per heavy atom. The lowest BCUT2D eigenvalue weighted by molar-refractivity contribution is 0.424. The highest BCUT2D eigenvalue weighted by Crippen LogP contribution is 2.52. The zero-order valence-corrected chi connectivity index (χ0v) is 45.2. The van der Waals surface area contributed by atoms with E-state index in [9.17, 15) is 0 Å². The van der Waals surface area contributed by atoms with E-state index in [1.54, 1.807) is 0 Å². The SMILES string of the molecule is c1ccc2c(Oc3cc4c5cc(Oc6cccc7ccccc67)c(Oc6cccc7ccccc67)cc5c5cc(Oc6cccc7ccccc67)c(Oc6cccc7ccccc67)cc5c4cc3Oc3cccc4ccccc34)cccc2c1. The van der Waals surface area contributed by atoms with Gasteiger partial charge in [-0.1, -0.05) is 218 Å². The number of rotatable bonds is 12. The van der Waals surface area contributed by atoms with Gasteiger partial charge in [0.1, 0.15) is 34.5 Å². The standard InChI is InChI=1S/C78H48O6/c1-7-31-55-49(19-1)25-13-37-67(55)79-73-43-61-62(44-74(73)80-68-38-14-26-50-20-2-8-32-56(50)68)64-46-76(82-70-40-16-28-52-22-4-10-34-58(52)70)78(84-72-42-18-30-54-24-6-12-36-60(54)72)48-66(64)65-47-77(83-71-41-17-29-53-23-5-11-35-59(53)71)75(45-63(61)65)81-69-39-15-27-51-21-3-9-33-57(51)69/h1-48H. The van der Waals surface area contributed by atoms with Crippen LogP contribution in [-0.4, -0.2) is 0 Å². The molecule has 0 atom stereocenters. The van der Waals surface area contributed by atoms with Crippen molar-refractivity contribution in [3.05, 3.63) is 291 Å². The average molecular weight is 1080 g/mol. The first-order valence-electron chi connectivity index (χ1n) is 28.1. The van der Waals surface area contributed by atoms with Gasteiger partial charge in [0.15, 0.2) is 34.5 Å². The first kappa shape index (κ1) is 48.6. The molecule has 0 N–H and O–H groups in total. The van der Waals surface area contributed by atoms with Crippen LogP contribution in [0.1, 0.15) is 0 Å². The van der Waals surface area contributed by atoms with Crippen LogP contribution in [0.4, 0.5) is 0 Å². The Labute approximate surface area is 483 Å². The van der Waals surface area contributed by atoms with Gasteiger partial charge in [0, 0.05) is 32.3 Å². The second-order valence-corrected chi connectivity index (χ2v) is 21.0. The van der Waals surface area contributed by atoms with Gasteiger partial charge in [-0.15, -0.1) is 0 Å². The molecular formula is C78H48O6. The number of fused-ring (bicyclic) bond motifs is 12. The summed E-state index contributed by atoms with van der Waals surface area (Å²) in [5, 5.41) is 17.4. The minimum Gasteiger partial charge on any atom is -0.453 e. The average Bonchev–Trinajstić information content (AvgIpc) is 3.32. The minimum atomic E-state index is 0.517. The summed E-state index contributed by atoms with van der Waals surface area (Å²) >= 11 is 0. The zero-order chi connectivity index (χ0) is 55.5. The molecule has 0 heterocycles. The van der Waals surface area contributed by atoms with E-state index in [-0.39, 0.29) is 0 Å². The van der Waals surface area contributed by atoms with E-state index in [1.807, 2.05) is 146 Å². The molecule has 16 aromatic rings. The van der Waals surface area contributed by atoms with E-state index < -0.39 is 0 Å². The van der Waals surface area contributed by atoms with Crippen LogP contribution in [0.5, 0.6) is 69.0 Å². The number of hydrogen-bond acceptors (Lipinski definition) is 6. The van der Waals surface area contributed by atoms with Gasteiger partial charge in [-0.3, -0.25) is 0 Å². The van der Waals surface area contributed by atoms with Crippen LogP contribution in [0.3, 0.4) is 0 Å². The molecular weight excluding hydrogens is 1030 g/mol. The third kappa shape index (κ3) is 8.69. The summed E-state index contributed by atoms with van der Waals surface area (Å²) in [5.41, 5.74) is 0. The Bertz CT molecular complexity index is 4390. The van der Waals surface area contributed by atoms with E-state index in [0.29, 0.717) is 69.0 Å². The van der Waals surface area contributed by atoms with E-state index in [1.165, 1.54) is 0 Å². The molecule has 396 valence electrons. The molecule has 0 spiro atoms. The van der Waals surface area contributed by atoms with Gasteiger partial charge in [-0.2, -0.15) is 0 Å². The fraction of sp³-hybridized carbons (Fsp3) is 0. The highest BCUT2D eigenvalue weighted by Gasteiger charge is 2.24. The molecule has 6 nitrogen and oxygen atoms in total. The smallest absolute Gasteiger partial charge is 0.170 e. The molecule has 84 heavy (non-hydrogen) atoms. The van der Waals surface area contributed by atoms with Gasteiger partial charge in [0.2, 0.25) is 0 Å². The number of benzene rings is 16. The maximum absolute atomic E-state index is 7.23. The highest BCUT2D eigenvalue weighted by molar-refractivity contribution is 6.27. The zero-order valence-electron chi connectivity index (χ0n) is 45.2. The van der Waals surface area contributed by atoms with Crippen LogP contribution >= 0.6 is 0 Å². The lowest BCUT2D eigenvalue weighted by Crippen LogP contribution is -1.97. The summed E-state index contributed by atoms with van der Waals surface area (Å²) in [6.45, 7) is 0. The quantitative estimate of drug-likeness (QED) is 0.114. The van der Waals surface area contributed by atoms with Crippen molar-refractivity contribution in [2.24, 2.45) is 0 Å². The molecule has 16 aromatic carbocycles. The maximum atomic E-state index is 7.23. The highest BCUT2D eigenvalue weighted by atomic mass is 16.5. The summed E-state index contributed by atoms with van der Waals surface area (Å²) in [7, 11) is 0. The summed E-state index contributed by atoms with van der Waals surface area (Å²) in [6.07, 6.45) is 0. The van der Waals surface area contributed by atoms with Crippen molar-refractivity contribution in [3.63, 3.8) is 0 Å². The first-order chi connectivity index (χ1) is 41.6. The third-order valence-electron chi connectivity index (χ3n) is 15.9. The van der Waals surface area contributed by atoms with Crippen molar-refractivity contribution in [1.82, 2.24) is 0 Å². The van der Waals surface area contributed by atoms with Crippen LogP contribution in [0, 0.1) is 0 Å². The molecule has 16 rings (SSSR count). The molecule has 0 bridgehead atoms. The third-order valence-corrected chi connectivity index (χ3v) is 15.9. The fourth-order valence-electron chi connectivity index (χ4n) is 11.9. The molecule has 0 aliphatic carbocycles. The Morgan fingerprint density at radius 1 is 0.119 bits per heavy atom. The van der Waals surface area contributed by atoms with Crippen LogP contribution in [0.25, 0.3) is 97.0 Å². The molecule has 0 saturated heterocycles. The van der Waals surface area contributed by atoms with Gasteiger partial charge >= 0.3 is 0 Å². The Hall–Kier alpha value is -11.3. The van der Waals surface area contributed by atoms with Crippen molar-refractivity contribution in [2.75, 3.05) is 0 Å². The topological polar surface area (TPSA) is 55.4 Å². The summed E-state index contributed by atoms with van der Waals surface area (Å²) in [5.74, 6) is 7.22. The van der Waals surface area contributed by atoms with Gasteiger partial charge < -0.3 is 28.4 Å². The molecule has 0 aliphatic heterocycles. The summed E-state index contributed by atoms with van der Waals surface area (Å²) in [4.78, 5) is 0. The van der Waals surface area contributed by atoms with E-state index in [2.05, 4.69) is 146 Å². The van der Waals surface area contributed by atoms with Crippen molar-refractivity contribution in [3.8, 4) is 69.0 Å². The lowest BCUT2D eigenvalue weighted by atomic mass is 9.93. The Morgan fingerprint density at radius 2 is 0.262 bits per heavy atom. The van der Waals surface area contributed by atoms with Gasteiger partial charge in [-0.25, -0.2) is 0 Å². The monoisotopic (exact) mass is 1080 g/mol. The van der Waals surface area contributed by atoms with Gasteiger partial charge in [0.25, 0.3) is 0 Å². The normalized spacial score (nSPS) is 11.6. The predicted molar refractivity (Wildman–Crippen MR) is 343 cm³/mol. The van der Waals surface area contributed by atoms with Crippen molar-refractivity contribution in [2.45, 2.75) is 0 Å². The molecule has 6 heteroatoms. The van der Waals surface area contributed by atoms with Gasteiger partial charge in [-0.05, 0) is 137 Å². The Kier molecular flexibility index (Phi) is 11.8. The van der Waals surface area contributed by atoms with Crippen LogP contribution in [-0.2, 0) is 0 Å². The van der Waals surface area contributed by atoms with Crippen LogP contribution in [0.15, 0.2) is 291 Å². The lowest BCUT2D eigenvalue weighted by Gasteiger charge is -2.21. The Balaban J connectivity index is 1.02. The minimum absolute atomic E-state index is 0.517. The van der Waals surface area contributed by atoms with Crippen molar-refractivity contribution < 1.29 is 28.4 Å². The number of hydrogen-bond donors (Lipinski definition) is 0. The second-order valence-electron chi connectivity index (χ2n) is 21.0. The van der Waals surface area contributed by atoms with E-state index >= 15 is 0 Å². The summed E-state index contributed by atoms with van der Waals surface area (Å²) in [6, 6.07) is 99.0. The fourth-order valence-corrected chi connectivity index (χ4v) is 11.9. The maximum Gasteiger partial charge on any atom is 0.170 e. The van der Waals surface area contributed by atoms with Crippen molar-refractivity contribution >= 4 is 97.0 Å². The molecule has 0 amide bonds. The van der Waals surface area contributed by atoms with Crippen LogP contribution < -0.4 is 28.4 Å². The van der Waals surface area contributed by atoms with Crippen molar-refractivity contribution in [1.29, 1.82) is 0 Å². The van der Waals surface area contributed by atoms with Gasteiger partial charge in [0.05, 0.1) is 0 Å². The second kappa shape index (κ2) is 20.3. The number of ether oxygens (including phenoxy) is 6. The first-order valence-corrected chi connectivity index (χ1v) is 28.1. The molecule has 0 aromatic heterocycles. The largest absolute Gasteiger partial charge is 0.453 e. The molecule has 0 saturated carbocycles. The molecule has 0 radical (unpaired) electrons. The predicted octanol–water partition coefficient (Wildman–Crippen LogP) is 22.8.